The van der Waals surface area contributed by atoms with Crippen molar-refractivity contribution in [2.45, 2.75) is 0 Å². The van der Waals surface area contributed by atoms with Gasteiger partial charge in [-0.15, -0.1) is 0 Å². The highest BCUT2D eigenvalue weighted by Crippen LogP contribution is 2.28. The third kappa shape index (κ3) is 2.70. The quantitative estimate of drug-likeness (QED) is 0.860. The molecule has 0 spiro atoms. The Bertz CT molecular complexity index is 430. The van der Waals surface area contributed by atoms with Gasteiger partial charge in [0.25, 0.3) is 0 Å². The Kier molecular flexibility index (Phi) is 3.54. The molecule has 0 radical (unpaired) electrons. The summed E-state index contributed by atoms with van der Waals surface area (Å²) in [4.78, 5) is 13.8. The number of hydrogen-bond donors (Lipinski definition) is 2. The molecule has 1 amide bonds. The molecule has 17 heavy (non-hydrogen) atoms. The van der Waals surface area contributed by atoms with E-state index in [0.29, 0.717) is 5.02 Å². The predicted molar refractivity (Wildman–Crippen MR) is 70.8 cm³/mol. The fourth-order valence-corrected chi connectivity index (χ4v) is 1.88. The molecule has 1 aliphatic rings. The molecule has 0 aliphatic carbocycles. The van der Waals surface area contributed by atoms with Crippen LogP contribution in [0.15, 0.2) is 18.2 Å². The Labute approximate surface area is 106 Å². The van der Waals surface area contributed by atoms with Crippen molar-refractivity contribution >= 4 is 28.9 Å². The van der Waals surface area contributed by atoms with Crippen LogP contribution in [0.1, 0.15) is 0 Å². The Morgan fingerprint density at radius 1 is 1.47 bits per heavy atom. The molecule has 5 heteroatoms. The van der Waals surface area contributed by atoms with Crippen molar-refractivity contribution in [3.8, 4) is 0 Å². The van der Waals surface area contributed by atoms with Crippen molar-refractivity contribution in [3.63, 3.8) is 0 Å². The summed E-state index contributed by atoms with van der Waals surface area (Å²) in [5.74, 6) is 0.123. The number of nitrogens with one attached hydrogen (secondary N) is 2. The number of amides is 1. The predicted octanol–water partition coefficient (Wildman–Crippen LogP) is 1.56. The van der Waals surface area contributed by atoms with E-state index in [9.17, 15) is 4.79 Å². The fourth-order valence-electron chi connectivity index (χ4n) is 1.71. The lowest BCUT2D eigenvalue weighted by Gasteiger charge is -2.27. The topological polar surface area (TPSA) is 44.4 Å². The Morgan fingerprint density at radius 3 is 2.71 bits per heavy atom. The van der Waals surface area contributed by atoms with Gasteiger partial charge in [0.05, 0.1) is 17.3 Å². The molecule has 0 saturated carbocycles. The van der Waals surface area contributed by atoms with Gasteiger partial charge in [0.1, 0.15) is 0 Å². The van der Waals surface area contributed by atoms with Gasteiger partial charge in [-0.1, -0.05) is 11.6 Å². The first-order valence-electron chi connectivity index (χ1n) is 5.56. The van der Waals surface area contributed by atoms with Crippen molar-refractivity contribution in [1.82, 2.24) is 5.32 Å². The Hall–Kier alpha value is -1.26. The molecular weight excluding hydrogens is 238 g/mol. The van der Waals surface area contributed by atoms with Crippen LogP contribution in [0, 0.1) is 5.92 Å². The summed E-state index contributed by atoms with van der Waals surface area (Å²) in [7, 11) is 3.87. The van der Waals surface area contributed by atoms with Crippen LogP contribution in [0.5, 0.6) is 0 Å². The minimum atomic E-state index is 0.0501. The lowest BCUT2D eigenvalue weighted by Crippen LogP contribution is -2.48. The lowest BCUT2D eigenvalue weighted by atomic mass is 10.0. The van der Waals surface area contributed by atoms with Gasteiger partial charge in [-0.25, -0.2) is 0 Å². The first kappa shape index (κ1) is 12.2. The summed E-state index contributed by atoms with van der Waals surface area (Å²) in [6.45, 7) is 1.51. The van der Waals surface area contributed by atoms with E-state index in [1.807, 2.05) is 31.1 Å². The van der Waals surface area contributed by atoms with Gasteiger partial charge < -0.3 is 15.5 Å². The van der Waals surface area contributed by atoms with Crippen molar-refractivity contribution in [2.75, 3.05) is 37.4 Å². The second-order valence-electron chi connectivity index (χ2n) is 4.40. The third-order valence-electron chi connectivity index (χ3n) is 2.85. The summed E-state index contributed by atoms with van der Waals surface area (Å²) in [6.07, 6.45) is 0. The minimum absolute atomic E-state index is 0.0501. The number of carbonyl (C=O) groups excluding carboxylic acids is 1. The Balaban J connectivity index is 2.17. The summed E-state index contributed by atoms with van der Waals surface area (Å²) in [5.41, 5.74) is 1.72. The number of halogens is 1. The van der Waals surface area contributed by atoms with Crippen molar-refractivity contribution < 1.29 is 4.79 Å². The summed E-state index contributed by atoms with van der Waals surface area (Å²) in [5, 5.41) is 6.63. The number of hydrogen-bond acceptors (Lipinski definition) is 3. The van der Waals surface area contributed by atoms with Gasteiger partial charge in [0.2, 0.25) is 5.91 Å². The molecule has 0 unspecified atom stereocenters. The first-order chi connectivity index (χ1) is 8.08. The van der Waals surface area contributed by atoms with Gasteiger partial charge in [-0.2, -0.15) is 0 Å². The second-order valence-corrected chi connectivity index (χ2v) is 4.84. The van der Waals surface area contributed by atoms with Gasteiger partial charge in [0, 0.05) is 32.2 Å². The van der Waals surface area contributed by atoms with Crippen LogP contribution in [0.4, 0.5) is 11.4 Å². The zero-order valence-electron chi connectivity index (χ0n) is 9.96. The number of benzene rings is 1. The molecule has 1 aliphatic heterocycles. The summed E-state index contributed by atoms with van der Waals surface area (Å²) >= 11 is 5.95. The maximum atomic E-state index is 11.9. The lowest BCUT2D eigenvalue weighted by molar-refractivity contribution is -0.121. The SMILES string of the molecule is CN(C)c1ccc(Cl)cc1NC(=O)C1CNC1. The smallest absolute Gasteiger partial charge is 0.230 e. The molecule has 4 nitrogen and oxygen atoms in total. The minimum Gasteiger partial charge on any atom is -0.376 e. The van der Waals surface area contributed by atoms with Crippen LogP contribution in [0.25, 0.3) is 0 Å². The van der Waals surface area contributed by atoms with Gasteiger partial charge in [-0.3, -0.25) is 4.79 Å². The molecule has 2 rings (SSSR count). The zero-order valence-corrected chi connectivity index (χ0v) is 10.7. The van der Waals surface area contributed by atoms with Crippen LogP contribution in [-0.4, -0.2) is 33.1 Å². The fraction of sp³-hybridized carbons (Fsp3) is 0.417. The zero-order chi connectivity index (χ0) is 12.4. The second kappa shape index (κ2) is 4.94. The van der Waals surface area contributed by atoms with Gasteiger partial charge >= 0.3 is 0 Å². The van der Waals surface area contributed by atoms with E-state index in [0.717, 1.165) is 24.5 Å². The first-order valence-corrected chi connectivity index (χ1v) is 5.94. The Morgan fingerprint density at radius 2 is 2.18 bits per heavy atom. The van der Waals surface area contributed by atoms with Gasteiger partial charge in [0.15, 0.2) is 0 Å². The third-order valence-corrected chi connectivity index (χ3v) is 3.09. The highest BCUT2D eigenvalue weighted by molar-refractivity contribution is 6.31. The largest absolute Gasteiger partial charge is 0.376 e. The molecule has 1 saturated heterocycles. The van der Waals surface area contributed by atoms with Crippen LogP contribution >= 0.6 is 11.6 Å². The average molecular weight is 254 g/mol. The highest BCUT2D eigenvalue weighted by atomic mass is 35.5. The van der Waals surface area contributed by atoms with Crippen LogP contribution < -0.4 is 15.5 Å². The van der Waals surface area contributed by atoms with E-state index < -0.39 is 0 Å². The number of rotatable bonds is 3. The molecule has 0 aromatic heterocycles. The summed E-state index contributed by atoms with van der Waals surface area (Å²) in [6, 6.07) is 5.50. The molecule has 1 aromatic carbocycles. The van der Waals surface area contributed by atoms with E-state index in [-0.39, 0.29) is 11.8 Å². The highest BCUT2D eigenvalue weighted by Gasteiger charge is 2.25. The monoisotopic (exact) mass is 253 g/mol. The molecule has 1 aromatic rings. The molecule has 0 bridgehead atoms. The van der Waals surface area contributed by atoms with Gasteiger partial charge in [-0.05, 0) is 18.2 Å². The maximum Gasteiger partial charge on any atom is 0.230 e. The summed E-state index contributed by atoms with van der Waals surface area (Å²) < 4.78 is 0. The van der Waals surface area contributed by atoms with E-state index in [2.05, 4.69) is 10.6 Å². The van der Waals surface area contributed by atoms with Crippen LogP contribution in [-0.2, 0) is 4.79 Å². The van der Waals surface area contributed by atoms with Crippen molar-refractivity contribution in [3.05, 3.63) is 23.2 Å². The number of carbonyl (C=O) groups is 1. The van der Waals surface area contributed by atoms with E-state index >= 15 is 0 Å². The number of nitrogens with zero attached hydrogens (tertiary/aromatic N) is 1. The maximum absolute atomic E-state index is 11.9. The molecule has 1 heterocycles. The molecule has 0 atom stereocenters. The van der Waals surface area contributed by atoms with Crippen molar-refractivity contribution in [1.29, 1.82) is 0 Å². The average Bonchev–Trinajstić information content (AvgIpc) is 2.13. The molecule has 92 valence electrons. The molecule has 2 N–H and O–H groups in total. The van der Waals surface area contributed by atoms with Crippen LogP contribution in [0.3, 0.4) is 0 Å². The van der Waals surface area contributed by atoms with Crippen molar-refractivity contribution in [2.24, 2.45) is 5.92 Å². The molecular formula is C12H16ClN3O. The number of anilines is 2. The van der Waals surface area contributed by atoms with E-state index in [4.69, 9.17) is 11.6 Å². The van der Waals surface area contributed by atoms with E-state index in [1.165, 1.54) is 0 Å². The van der Waals surface area contributed by atoms with Crippen LogP contribution in [0.2, 0.25) is 5.02 Å². The van der Waals surface area contributed by atoms with E-state index in [1.54, 1.807) is 6.07 Å². The standard InChI is InChI=1S/C12H16ClN3O/c1-16(2)11-4-3-9(13)5-10(11)15-12(17)8-6-14-7-8/h3-5,8,14H,6-7H2,1-2H3,(H,15,17). The molecule has 1 fully saturated rings. The normalized spacial score (nSPS) is 15.2.